The van der Waals surface area contributed by atoms with E-state index in [1.165, 1.54) is 31.2 Å². The summed E-state index contributed by atoms with van der Waals surface area (Å²) in [6, 6.07) is 21.6. The quantitative estimate of drug-likeness (QED) is 0.244. The monoisotopic (exact) mass is 607 g/mol. The highest BCUT2D eigenvalue weighted by Crippen LogP contribution is 2.38. The van der Waals surface area contributed by atoms with E-state index in [1.54, 1.807) is 6.08 Å². The largest absolute Gasteiger partial charge is 0.463 e. The van der Waals surface area contributed by atoms with Crippen LogP contribution in [-0.2, 0) is 9.53 Å². The predicted octanol–water partition coefficient (Wildman–Crippen LogP) is 6.14. The number of carbonyl (C=O) groups excluding carboxylic acids is 1. The molecule has 6 nitrogen and oxygen atoms in total. The minimum absolute atomic E-state index is 0.154. The molecule has 0 unspecified atom stereocenters. The van der Waals surface area contributed by atoms with Crippen LogP contribution in [0.2, 0.25) is 5.02 Å². The van der Waals surface area contributed by atoms with Gasteiger partial charge in [-0.1, -0.05) is 83.6 Å². The lowest BCUT2D eigenvalue weighted by Crippen LogP contribution is -2.41. The maximum atomic E-state index is 14.4. The van der Waals surface area contributed by atoms with E-state index < -0.39 is 35.0 Å². The van der Waals surface area contributed by atoms with Crippen molar-refractivity contribution >= 4 is 45.9 Å². The third kappa shape index (κ3) is 4.86. The van der Waals surface area contributed by atoms with Crippen LogP contribution in [0, 0.1) is 0 Å². The van der Waals surface area contributed by atoms with Gasteiger partial charge in [0.15, 0.2) is 10.5 Å². The van der Waals surface area contributed by atoms with Crippen molar-refractivity contribution in [2.45, 2.75) is 19.1 Å². The summed E-state index contributed by atoms with van der Waals surface area (Å²) in [5.74, 6) is -1.20. The maximum Gasteiger partial charge on any atom is 0.434 e. The zero-order chi connectivity index (χ0) is 29.6. The molecule has 11 heteroatoms. The minimum atomic E-state index is -4.99. The molecule has 212 valence electrons. The number of nitrogens with one attached hydrogen (secondary N) is 1. The lowest BCUT2D eigenvalue weighted by molar-refractivity contribution is -0.140. The number of rotatable bonds is 5. The Morgan fingerprint density at radius 3 is 2.45 bits per heavy atom. The number of hydrogen-bond acceptors (Lipinski definition) is 5. The Kier molecular flexibility index (Phi) is 7.12. The molecule has 0 aliphatic carbocycles. The molecule has 1 aliphatic heterocycles. The second-order valence-electron chi connectivity index (χ2n) is 9.44. The van der Waals surface area contributed by atoms with Crippen LogP contribution in [0.3, 0.4) is 0 Å². The van der Waals surface area contributed by atoms with Crippen LogP contribution < -0.4 is 14.9 Å². The first kappa shape index (κ1) is 27.7. The Labute approximate surface area is 245 Å². The van der Waals surface area contributed by atoms with Crippen molar-refractivity contribution in [3.05, 3.63) is 126 Å². The number of thiazole rings is 1. The van der Waals surface area contributed by atoms with Gasteiger partial charge >= 0.3 is 12.1 Å². The summed E-state index contributed by atoms with van der Waals surface area (Å²) >= 11 is 6.88. The molecular formula is C31H21ClF3N3O3S. The number of carbonyl (C=O) groups is 1. The van der Waals surface area contributed by atoms with E-state index in [0.717, 1.165) is 38.1 Å². The zero-order valence-corrected chi connectivity index (χ0v) is 23.5. The number of esters is 1. The van der Waals surface area contributed by atoms with Crippen LogP contribution in [0.4, 0.5) is 13.2 Å². The summed E-state index contributed by atoms with van der Waals surface area (Å²) in [5, 5.41) is 1.18. The third-order valence-corrected chi connectivity index (χ3v) is 8.10. The van der Waals surface area contributed by atoms with Gasteiger partial charge in [-0.05, 0) is 42.3 Å². The van der Waals surface area contributed by atoms with Gasteiger partial charge in [-0.2, -0.15) is 13.2 Å². The first-order valence-corrected chi connectivity index (χ1v) is 14.1. The van der Waals surface area contributed by atoms with Gasteiger partial charge in [0.1, 0.15) is 0 Å². The summed E-state index contributed by atoms with van der Waals surface area (Å²) in [6.07, 6.45) is -3.33. The summed E-state index contributed by atoms with van der Waals surface area (Å²) in [4.78, 5) is 34.1. The van der Waals surface area contributed by atoms with E-state index in [4.69, 9.17) is 16.3 Å². The van der Waals surface area contributed by atoms with E-state index in [9.17, 15) is 22.8 Å². The van der Waals surface area contributed by atoms with Gasteiger partial charge in [-0.3, -0.25) is 9.36 Å². The number of hydrogen-bond donors (Lipinski definition) is 1. The molecule has 0 spiro atoms. The zero-order valence-electron chi connectivity index (χ0n) is 21.9. The fourth-order valence-electron chi connectivity index (χ4n) is 5.08. The Hall–Kier alpha value is -4.41. The lowest BCUT2D eigenvalue weighted by atomic mass is 9.95. The maximum absolute atomic E-state index is 14.4. The van der Waals surface area contributed by atoms with Crippen LogP contribution in [-0.4, -0.2) is 28.3 Å². The van der Waals surface area contributed by atoms with Crippen LogP contribution in [0.5, 0.6) is 0 Å². The van der Waals surface area contributed by atoms with Gasteiger partial charge in [0.2, 0.25) is 0 Å². The van der Waals surface area contributed by atoms with Crippen molar-refractivity contribution in [3.63, 3.8) is 0 Å². The SMILES string of the molecule is CCOC(=O)C1=C(C(F)(F)F)N=c2s/c(=C\c3c(-c4ccccc4)[nH]c4ccccc34)c(=O)n2[C@H]1c1ccc(Cl)cc1. The predicted molar refractivity (Wildman–Crippen MR) is 156 cm³/mol. The van der Waals surface area contributed by atoms with Gasteiger partial charge in [-0.25, -0.2) is 9.79 Å². The number of ether oxygens (including phenoxy) is 1. The Bertz CT molecular complexity index is 2040. The molecule has 1 N–H and O–H groups in total. The highest BCUT2D eigenvalue weighted by Gasteiger charge is 2.45. The molecular weight excluding hydrogens is 587 g/mol. The number of nitrogens with zero attached hydrogens (tertiary/aromatic N) is 2. The Morgan fingerprint density at radius 1 is 1.07 bits per heavy atom. The van der Waals surface area contributed by atoms with Crippen LogP contribution in [0.25, 0.3) is 28.2 Å². The van der Waals surface area contributed by atoms with Crippen molar-refractivity contribution in [3.8, 4) is 11.3 Å². The van der Waals surface area contributed by atoms with Gasteiger partial charge in [0.25, 0.3) is 5.56 Å². The van der Waals surface area contributed by atoms with Crippen LogP contribution >= 0.6 is 22.9 Å². The lowest BCUT2D eigenvalue weighted by Gasteiger charge is -2.26. The standard InChI is InChI=1S/C31H21ClF3N3O3S/c1-2-41-29(40)24-26(18-12-14-19(32)15-13-18)38-28(39)23(42-30(38)37-27(24)31(33,34)35)16-21-20-10-6-7-11-22(20)36-25(21)17-8-4-3-5-9-17/h3-16,26,36H,2H2,1H3/b23-16-/t26-/m0/s1. The molecule has 3 aromatic carbocycles. The molecule has 0 fully saturated rings. The Morgan fingerprint density at radius 2 is 1.76 bits per heavy atom. The summed E-state index contributed by atoms with van der Waals surface area (Å²) in [5.41, 5.74) is 0.656. The summed E-state index contributed by atoms with van der Waals surface area (Å²) < 4.78 is 49.5. The van der Waals surface area contributed by atoms with E-state index in [-0.39, 0.29) is 21.5 Å². The number of alkyl halides is 3. The van der Waals surface area contributed by atoms with E-state index in [0.29, 0.717) is 10.6 Å². The number of halogens is 4. The highest BCUT2D eigenvalue weighted by molar-refractivity contribution is 7.07. The van der Waals surface area contributed by atoms with E-state index >= 15 is 0 Å². The molecule has 5 aromatic rings. The van der Waals surface area contributed by atoms with Gasteiger partial charge in [0.05, 0.1) is 28.4 Å². The molecule has 3 heterocycles. The number of benzene rings is 3. The molecule has 6 rings (SSSR count). The average molecular weight is 608 g/mol. The van der Waals surface area contributed by atoms with Crippen LogP contribution in [0.1, 0.15) is 24.1 Å². The smallest absolute Gasteiger partial charge is 0.434 e. The molecule has 0 amide bonds. The van der Waals surface area contributed by atoms with Gasteiger partial charge < -0.3 is 9.72 Å². The number of aromatic amines is 1. The normalized spacial score (nSPS) is 15.5. The van der Waals surface area contributed by atoms with Crippen molar-refractivity contribution in [2.75, 3.05) is 6.61 Å². The third-order valence-electron chi connectivity index (χ3n) is 6.86. The molecule has 2 aromatic heterocycles. The summed E-state index contributed by atoms with van der Waals surface area (Å²) in [7, 11) is 0. The van der Waals surface area contributed by atoms with Crippen molar-refractivity contribution < 1.29 is 22.7 Å². The molecule has 0 bridgehead atoms. The number of H-pyrrole nitrogens is 1. The molecule has 0 saturated heterocycles. The van der Waals surface area contributed by atoms with Gasteiger partial charge in [-0.15, -0.1) is 0 Å². The van der Waals surface area contributed by atoms with Crippen molar-refractivity contribution in [1.29, 1.82) is 0 Å². The molecule has 0 radical (unpaired) electrons. The van der Waals surface area contributed by atoms with Crippen molar-refractivity contribution in [1.82, 2.24) is 9.55 Å². The molecule has 1 atom stereocenters. The molecule has 42 heavy (non-hydrogen) atoms. The first-order chi connectivity index (χ1) is 20.2. The second kappa shape index (κ2) is 10.8. The van der Waals surface area contributed by atoms with Crippen molar-refractivity contribution in [2.24, 2.45) is 4.99 Å². The minimum Gasteiger partial charge on any atom is -0.463 e. The fourth-order valence-corrected chi connectivity index (χ4v) is 6.19. The first-order valence-electron chi connectivity index (χ1n) is 12.9. The number of fused-ring (bicyclic) bond motifs is 2. The highest BCUT2D eigenvalue weighted by atomic mass is 35.5. The molecule has 0 saturated carbocycles. The topological polar surface area (TPSA) is 76.4 Å². The summed E-state index contributed by atoms with van der Waals surface area (Å²) in [6.45, 7) is 1.33. The number of aromatic nitrogens is 2. The van der Waals surface area contributed by atoms with E-state index in [1.807, 2.05) is 54.6 Å². The second-order valence-corrected chi connectivity index (χ2v) is 10.9. The Balaban J connectivity index is 1.66. The molecule has 1 aliphatic rings. The number of para-hydroxylation sites is 1. The van der Waals surface area contributed by atoms with Gasteiger partial charge in [0, 0.05) is 21.5 Å². The fraction of sp³-hybridized carbons (Fsp3) is 0.129. The number of allylic oxidation sites excluding steroid dienone is 1. The average Bonchev–Trinajstić information content (AvgIpc) is 3.50. The van der Waals surface area contributed by atoms with Crippen LogP contribution in [0.15, 0.2) is 99.9 Å². The van der Waals surface area contributed by atoms with E-state index in [2.05, 4.69) is 9.98 Å².